The number of cyclic esters (lactones) is 2. The van der Waals surface area contributed by atoms with Crippen molar-refractivity contribution in [2.45, 2.75) is 46.3 Å². The van der Waals surface area contributed by atoms with E-state index in [2.05, 4.69) is 10.3 Å². The lowest BCUT2D eigenvalue weighted by Crippen LogP contribution is -2.48. The Morgan fingerprint density at radius 3 is 2.40 bits per heavy atom. The van der Waals surface area contributed by atoms with E-state index in [0.29, 0.717) is 0 Å². The Bertz CT molecular complexity index is 1280. The standard InChI is InChI=1S/C28H32N2O10/c1-15-21(28(3,4)27(35)36)18(13-17-9-7-6-8-10-17)25(33)38-14-19(26(34)39-15)30-24(32)22-23(40-16(2)31)20(37-5)11-12-29-22/h6-12,15,18-19,21H,13-14H2,1-5H3,(H,30,32)(H,35,36)/t15-,18+,19-,21+/m0/s1. The van der Waals surface area contributed by atoms with Crippen LogP contribution in [0.5, 0.6) is 11.5 Å². The van der Waals surface area contributed by atoms with Gasteiger partial charge in [-0.2, -0.15) is 0 Å². The number of carboxylic acid groups (broad SMARTS) is 1. The molecule has 2 heterocycles. The van der Waals surface area contributed by atoms with E-state index in [1.165, 1.54) is 40.1 Å². The monoisotopic (exact) mass is 556 g/mol. The summed E-state index contributed by atoms with van der Waals surface area (Å²) in [6.07, 6.45) is 0.334. The van der Waals surface area contributed by atoms with E-state index in [4.69, 9.17) is 18.9 Å². The highest BCUT2D eigenvalue weighted by molar-refractivity contribution is 5.99. The van der Waals surface area contributed by atoms with Crippen molar-refractivity contribution in [1.82, 2.24) is 10.3 Å². The van der Waals surface area contributed by atoms with Crippen LogP contribution in [0.15, 0.2) is 42.6 Å². The molecule has 1 saturated heterocycles. The molecule has 2 N–H and O–H groups in total. The summed E-state index contributed by atoms with van der Waals surface area (Å²) in [7, 11) is 1.31. The number of carbonyl (C=O) groups is 5. The maximum absolute atomic E-state index is 13.4. The van der Waals surface area contributed by atoms with Crippen LogP contribution in [0.25, 0.3) is 0 Å². The van der Waals surface area contributed by atoms with Gasteiger partial charge in [-0.25, -0.2) is 9.78 Å². The van der Waals surface area contributed by atoms with Gasteiger partial charge in [0.15, 0.2) is 17.5 Å². The van der Waals surface area contributed by atoms with Gasteiger partial charge >= 0.3 is 23.9 Å². The zero-order valence-electron chi connectivity index (χ0n) is 22.8. The van der Waals surface area contributed by atoms with Gasteiger partial charge in [-0.3, -0.25) is 19.2 Å². The first-order chi connectivity index (χ1) is 18.9. The molecule has 1 fully saturated rings. The summed E-state index contributed by atoms with van der Waals surface area (Å²) in [6.45, 7) is 4.96. The van der Waals surface area contributed by atoms with Crippen LogP contribution in [-0.2, 0) is 35.1 Å². The van der Waals surface area contributed by atoms with Crippen LogP contribution in [0, 0.1) is 17.3 Å². The number of amides is 1. The van der Waals surface area contributed by atoms with Crippen molar-refractivity contribution in [3.63, 3.8) is 0 Å². The molecule has 0 bridgehead atoms. The molecule has 1 aromatic carbocycles. The lowest BCUT2D eigenvalue weighted by molar-refractivity contribution is -0.168. The molecule has 214 valence electrons. The Balaban J connectivity index is 1.95. The highest BCUT2D eigenvalue weighted by Crippen LogP contribution is 2.40. The van der Waals surface area contributed by atoms with Crippen molar-refractivity contribution >= 4 is 29.8 Å². The number of nitrogens with one attached hydrogen (secondary N) is 1. The maximum atomic E-state index is 13.4. The molecule has 4 atom stereocenters. The van der Waals surface area contributed by atoms with E-state index < -0.39 is 65.8 Å². The van der Waals surface area contributed by atoms with Crippen molar-refractivity contribution in [2.24, 2.45) is 17.3 Å². The molecule has 1 amide bonds. The number of pyridine rings is 1. The quantitative estimate of drug-likeness (QED) is 0.457. The van der Waals surface area contributed by atoms with Gasteiger partial charge in [-0.05, 0) is 32.8 Å². The van der Waals surface area contributed by atoms with Gasteiger partial charge in [-0.15, -0.1) is 0 Å². The number of carboxylic acids is 1. The fraction of sp³-hybridized carbons (Fsp3) is 0.429. The lowest BCUT2D eigenvalue weighted by atomic mass is 9.67. The summed E-state index contributed by atoms with van der Waals surface area (Å²) < 4.78 is 21.4. The molecule has 1 aromatic heterocycles. The fourth-order valence-corrected chi connectivity index (χ4v) is 4.79. The topological polar surface area (TPSA) is 167 Å². The minimum atomic E-state index is -1.50. The summed E-state index contributed by atoms with van der Waals surface area (Å²) in [5, 5.41) is 12.4. The van der Waals surface area contributed by atoms with E-state index in [-0.39, 0.29) is 23.6 Å². The lowest BCUT2D eigenvalue weighted by Gasteiger charge is -2.38. The molecule has 40 heavy (non-hydrogen) atoms. The third kappa shape index (κ3) is 6.74. The molecule has 0 saturated carbocycles. The normalized spacial score (nSPS) is 21.5. The molecule has 12 heteroatoms. The highest BCUT2D eigenvalue weighted by atomic mass is 16.6. The highest BCUT2D eigenvalue weighted by Gasteiger charge is 2.50. The van der Waals surface area contributed by atoms with Crippen LogP contribution in [0.1, 0.15) is 43.7 Å². The van der Waals surface area contributed by atoms with Crippen LogP contribution in [0.4, 0.5) is 0 Å². The molecule has 0 unspecified atom stereocenters. The summed E-state index contributed by atoms with van der Waals surface area (Å²) in [6, 6.07) is 8.90. The van der Waals surface area contributed by atoms with Gasteiger partial charge in [0, 0.05) is 25.1 Å². The summed E-state index contributed by atoms with van der Waals surface area (Å²) in [5.74, 6) is -6.71. The molecule has 2 aromatic rings. The van der Waals surface area contributed by atoms with Gasteiger partial charge < -0.3 is 29.4 Å². The minimum absolute atomic E-state index is 0.0509. The maximum Gasteiger partial charge on any atom is 0.332 e. The third-order valence-corrected chi connectivity index (χ3v) is 6.76. The van der Waals surface area contributed by atoms with Crippen molar-refractivity contribution in [3.8, 4) is 11.5 Å². The second kappa shape index (κ2) is 12.6. The summed E-state index contributed by atoms with van der Waals surface area (Å²) in [4.78, 5) is 67.6. The molecule has 0 aliphatic carbocycles. The number of benzene rings is 1. The molecular formula is C28H32N2O10. The first kappa shape index (κ1) is 30.1. The van der Waals surface area contributed by atoms with E-state index >= 15 is 0 Å². The Morgan fingerprint density at radius 2 is 1.80 bits per heavy atom. The average Bonchev–Trinajstić information content (AvgIpc) is 2.93. The average molecular weight is 557 g/mol. The SMILES string of the molecule is COc1ccnc(C(=O)N[C@H]2COC(=O)[C@H](Cc3ccccc3)[C@H](C(C)(C)C(=O)O)[C@H](C)OC2=O)c1OC(C)=O. The van der Waals surface area contributed by atoms with Crippen LogP contribution >= 0.6 is 0 Å². The molecular weight excluding hydrogens is 524 g/mol. The second-order valence-corrected chi connectivity index (χ2v) is 9.93. The number of hydrogen-bond donors (Lipinski definition) is 2. The summed E-state index contributed by atoms with van der Waals surface area (Å²) >= 11 is 0. The first-order valence-electron chi connectivity index (χ1n) is 12.5. The van der Waals surface area contributed by atoms with Gasteiger partial charge in [0.2, 0.25) is 5.75 Å². The number of aromatic nitrogens is 1. The zero-order chi connectivity index (χ0) is 29.6. The smallest absolute Gasteiger partial charge is 0.332 e. The predicted octanol–water partition coefficient (Wildman–Crippen LogP) is 2.19. The second-order valence-electron chi connectivity index (χ2n) is 9.93. The van der Waals surface area contributed by atoms with Gasteiger partial charge in [0.05, 0.1) is 18.4 Å². The third-order valence-electron chi connectivity index (χ3n) is 6.76. The minimum Gasteiger partial charge on any atom is -0.493 e. The van der Waals surface area contributed by atoms with E-state index in [0.717, 1.165) is 12.5 Å². The molecule has 0 spiro atoms. The molecule has 3 rings (SSSR count). The number of hydrogen-bond acceptors (Lipinski definition) is 10. The number of ether oxygens (including phenoxy) is 4. The fourth-order valence-electron chi connectivity index (χ4n) is 4.79. The molecule has 1 aliphatic heterocycles. The van der Waals surface area contributed by atoms with Gasteiger partial charge in [-0.1, -0.05) is 30.3 Å². The van der Waals surface area contributed by atoms with E-state index in [1.54, 1.807) is 24.3 Å². The molecule has 12 nitrogen and oxygen atoms in total. The Labute approximate surface area is 231 Å². The Kier molecular flexibility index (Phi) is 9.46. The van der Waals surface area contributed by atoms with Crippen molar-refractivity contribution < 1.29 is 48.0 Å². The number of methoxy groups -OCH3 is 1. The molecule has 0 radical (unpaired) electrons. The Hall–Kier alpha value is -4.48. The van der Waals surface area contributed by atoms with Crippen LogP contribution in [-0.4, -0.2) is 65.7 Å². The summed E-state index contributed by atoms with van der Waals surface area (Å²) in [5.41, 5.74) is -1.08. The van der Waals surface area contributed by atoms with E-state index in [9.17, 15) is 29.1 Å². The largest absolute Gasteiger partial charge is 0.493 e. The molecule has 1 aliphatic rings. The number of carbonyl (C=O) groups excluding carboxylic acids is 4. The number of nitrogens with zero attached hydrogens (tertiary/aromatic N) is 1. The van der Waals surface area contributed by atoms with Crippen molar-refractivity contribution in [2.75, 3.05) is 13.7 Å². The van der Waals surface area contributed by atoms with Crippen LogP contribution in [0.2, 0.25) is 0 Å². The predicted molar refractivity (Wildman–Crippen MR) is 138 cm³/mol. The number of rotatable bonds is 8. The number of aliphatic carboxylic acids is 1. The first-order valence-corrected chi connectivity index (χ1v) is 12.5. The number of esters is 3. The van der Waals surface area contributed by atoms with Gasteiger partial charge in [0.25, 0.3) is 5.91 Å². The zero-order valence-corrected chi connectivity index (χ0v) is 22.8. The van der Waals surface area contributed by atoms with Gasteiger partial charge in [0.1, 0.15) is 12.7 Å². The van der Waals surface area contributed by atoms with Crippen LogP contribution < -0.4 is 14.8 Å². The van der Waals surface area contributed by atoms with Crippen LogP contribution in [0.3, 0.4) is 0 Å². The Morgan fingerprint density at radius 1 is 1.12 bits per heavy atom. The van der Waals surface area contributed by atoms with Crippen molar-refractivity contribution in [3.05, 3.63) is 53.9 Å². The van der Waals surface area contributed by atoms with E-state index in [1.807, 2.05) is 6.07 Å². The van der Waals surface area contributed by atoms with Crippen molar-refractivity contribution in [1.29, 1.82) is 0 Å².